The minimum atomic E-state index is -2.97. The first kappa shape index (κ1) is 10.7. The summed E-state index contributed by atoms with van der Waals surface area (Å²) in [7, 11) is -2.97. The molecule has 0 atom stereocenters. The van der Waals surface area contributed by atoms with E-state index in [1.807, 2.05) is 19.9 Å². The van der Waals surface area contributed by atoms with E-state index in [2.05, 4.69) is 0 Å². The monoisotopic (exact) mass is 203 g/mol. The van der Waals surface area contributed by atoms with Crippen molar-refractivity contribution in [2.24, 2.45) is 0 Å². The first-order chi connectivity index (χ1) is 6.06. The Morgan fingerprint density at radius 3 is 2.69 bits per heavy atom. The molecule has 0 N–H and O–H groups in total. The molecule has 0 aromatic carbocycles. The highest BCUT2D eigenvalue weighted by Gasteiger charge is 2.23. The van der Waals surface area contributed by atoms with Crippen LogP contribution in [0.3, 0.4) is 0 Å². The lowest BCUT2D eigenvalue weighted by Crippen LogP contribution is -2.31. The van der Waals surface area contributed by atoms with Crippen molar-refractivity contribution in [2.45, 2.75) is 26.7 Å². The Hall–Kier alpha value is -0.350. The Morgan fingerprint density at radius 1 is 1.54 bits per heavy atom. The SMILES string of the molecule is CCCCS(=O)(=O)N1CC=C(C)C1. The van der Waals surface area contributed by atoms with Gasteiger partial charge in [0.2, 0.25) is 10.0 Å². The highest BCUT2D eigenvalue weighted by Crippen LogP contribution is 2.13. The number of hydrogen-bond donors (Lipinski definition) is 0. The quantitative estimate of drug-likeness (QED) is 0.647. The molecule has 4 heteroatoms. The summed E-state index contributed by atoms with van der Waals surface area (Å²) in [5, 5.41) is 0. The molecular weight excluding hydrogens is 186 g/mol. The van der Waals surface area contributed by atoms with E-state index < -0.39 is 10.0 Å². The zero-order valence-corrected chi connectivity index (χ0v) is 9.10. The lowest BCUT2D eigenvalue weighted by atomic mass is 10.3. The van der Waals surface area contributed by atoms with Gasteiger partial charge in [-0.3, -0.25) is 0 Å². The molecule has 0 saturated heterocycles. The van der Waals surface area contributed by atoms with E-state index in [9.17, 15) is 8.42 Å². The predicted molar refractivity (Wildman–Crippen MR) is 54.0 cm³/mol. The number of unbranched alkanes of at least 4 members (excludes halogenated alkanes) is 1. The van der Waals surface area contributed by atoms with Crippen LogP contribution in [0.1, 0.15) is 26.7 Å². The topological polar surface area (TPSA) is 37.4 Å². The van der Waals surface area contributed by atoms with Crippen LogP contribution in [0.25, 0.3) is 0 Å². The smallest absolute Gasteiger partial charge is 0.212 e. The van der Waals surface area contributed by atoms with Crippen LogP contribution in [0.5, 0.6) is 0 Å². The summed E-state index contributed by atoms with van der Waals surface area (Å²) in [6.45, 7) is 5.13. The maximum Gasteiger partial charge on any atom is 0.214 e. The van der Waals surface area contributed by atoms with Crippen LogP contribution in [-0.4, -0.2) is 31.6 Å². The van der Waals surface area contributed by atoms with Gasteiger partial charge in [0.25, 0.3) is 0 Å². The third-order valence-electron chi connectivity index (χ3n) is 2.22. The second-order valence-corrected chi connectivity index (χ2v) is 5.60. The molecule has 1 rings (SSSR count). The molecule has 0 saturated carbocycles. The second kappa shape index (κ2) is 4.24. The Bertz CT molecular complexity index is 293. The van der Waals surface area contributed by atoms with Crippen molar-refractivity contribution in [3.8, 4) is 0 Å². The van der Waals surface area contributed by atoms with Crippen LogP contribution in [0.2, 0.25) is 0 Å². The molecule has 0 radical (unpaired) electrons. The van der Waals surface area contributed by atoms with E-state index in [4.69, 9.17) is 0 Å². The van der Waals surface area contributed by atoms with Crippen LogP contribution >= 0.6 is 0 Å². The highest BCUT2D eigenvalue weighted by molar-refractivity contribution is 7.89. The molecule has 0 aliphatic carbocycles. The Labute approximate surface area is 80.5 Å². The van der Waals surface area contributed by atoms with Crippen molar-refractivity contribution in [1.29, 1.82) is 0 Å². The van der Waals surface area contributed by atoms with Gasteiger partial charge >= 0.3 is 0 Å². The zero-order valence-electron chi connectivity index (χ0n) is 8.28. The number of rotatable bonds is 4. The molecule has 0 bridgehead atoms. The van der Waals surface area contributed by atoms with E-state index in [-0.39, 0.29) is 0 Å². The van der Waals surface area contributed by atoms with Gasteiger partial charge < -0.3 is 0 Å². The largest absolute Gasteiger partial charge is 0.214 e. The lowest BCUT2D eigenvalue weighted by molar-refractivity contribution is 0.482. The summed E-state index contributed by atoms with van der Waals surface area (Å²) < 4.78 is 24.8. The van der Waals surface area contributed by atoms with Gasteiger partial charge in [0.15, 0.2) is 0 Å². The van der Waals surface area contributed by atoms with Gasteiger partial charge in [0, 0.05) is 13.1 Å². The van der Waals surface area contributed by atoms with Gasteiger partial charge in [-0.25, -0.2) is 8.42 Å². The van der Waals surface area contributed by atoms with Gasteiger partial charge in [-0.2, -0.15) is 4.31 Å². The third kappa shape index (κ3) is 2.81. The van der Waals surface area contributed by atoms with E-state index >= 15 is 0 Å². The van der Waals surface area contributed by atoms with Crippen LogP contribution in [0.4, 0.5) is 0 Å². The Morgan fingerprint density at radius 2 is 2.23 bits per heavy atom. The lowest BCUT2D eigenvalue weighted by Gasteiger charge is -2.15. The maximum absolute atomic E-state index is 11.6. The average molecular weight is 203 g/mol. The fourth-order valence-electron chi connectivity index (χ4n) is 1.33. The summed E-state index contributed by atoms with van der Waals surface area (Å²) in [5.41, 5.74) is 1.15. The highest BCUT2D eigenvalue weighted by atomic mass is 32.2. The number of nitrogens with zero attached hydrogens (tertiary/aromatic N) is 1. The van der Waals surface area contributed by atoms with Crippen molar-refractivity contribution in [3.63, 3.8) is 0 Å². The summed E-state index contributed by atoms with van der Waals surface area (Å²) >= 11 is 0. The van der Waals surface area contributed by atoms with Crippen LogP contribution < -0.4 is 0 Å². The first-order valence-corrected chi connectivity index (χ1v) is 6.30. The maximum atomic E-state index is 11.6. The van der Waals surface area contributed by atoms with Gasteiger partial charge in [-0.15, -0.1) is 0 Å². The summed E-state index contributed by atoms with van der Waals surface area (Å²) in [6, 6.07) is 0. The van der Waals surface area contributed by atoms with Crippen molar-refractivity contribution in [2.75, 3.05) is 18.8 Å². The minimum absolute atomic E-state index is 0.296. The van der Waals surface area contributed by atoms with E-state index in [1.165, 1.54) is 0 Å². The van der Waals surface area contributed by atoms with Gasteiger partial charge in [0.1, 0.15) is 0 Å². The van der Waals surface area contributed by atoms with Gasteiger partial charge in [-0.05, 0) is 13.3 Å². The normalized spacial score (nSPS) is 19.1. The number of sulfonamides is 1. The molecule has 1 aliphatic rings. The standard InChI is InChI=1S/C9H17NO2S/c1-3-4-7-13(11,12)10-6-5-9(2)8-10/h5H,3-4,6-8H2,1-2H3. The van der Waals surface area contributed by atoms with E-state index in [1.54, 1.807) is 4.31 Å². The van der Waals surface area contributed by atoms with Crippen LogP contribution in [0.15, 0.2) is 11.6 Å². The average Bonchev–Trinajstić information content (AvgIpc) is 2.49. The first-order valence-electron chi connectivity index (χ1n) is 4.69. The van der Waals surface area contributed by atoms with Crippen LogP contribution in [-0.2, 0) is 10.0 Å². The summed E-state index contributed by atoms with van der Waals surface area (Å²) in [6.07, 6.45) is 3.67. The molecule has 76 valence electrons. The molecule has 0 unspecified atom stereocenters. The minimum Gasteiger partial charge on any atom is -0.212 e. The molecule has 0 aromatic rings. The van der Waals surface area contributed by atoms with Crippen molar-refractivity contribution < 1.29 is 8.42 Å². The molecule has 1 aliphatic heterocycles. The molecule has 0 aromatic heterocycles. The van der Waals surface area contributed by atoms with Gasteiger partial charge in [-0.1, -0.05) is 25.0 Å². The fraction of sp³-hybridized carbons (Fsp3) is 0.778. The molecule has 0 amide bonds. The second-order valence-electron chi connectivity index (χ2n) is 3.51. The van der Waals surface area contributed by atoms with Crippen molar-refractivity contribution >= 4 is 10.0 Å². The van der Waals surface area contributed by atoms with Gasteiger partial charge in [0.05, 0.1) is 5.75 Å². The Balaban J connectivity index is 2.52. The Kier molecular flexibility index (Phi) is 3.50. The van der Waals surface area contributed by atoms with E-state index in [0.29, 0.717) is 18.8 Å². The summed E-state index contributed by atoms with van der Waals surface area (Å²) in [4.78, 5) is 0. The van der Waals surface area contributed by atoms with Crippen molar-refractivity contribution in [1.82, 2.24) is 4.31 Å². The zero-order chi connectivity index (χ0) is 9.90. The molecular formula is C9H17NO2S. The fourth-order valence-corrected chi connectivity index (χ4v) is 2.95. The third-order valence-corrected chi connectivity index (χ3v) is 4.09. The predicted octanol–water partition coefficient (Wildman–Crippen LogP) is 1.38. The van der Waals surface area contributed by atoms with E-state index in [0.717, 1.165) is 18.4 Å². The molecule has 0 spiro atoms. The summed E-state index contributed by atoms with van der Waals surface area (Å²) in [5.74, 6) is 0.296. The van der Waals surface area contributed by atoms with Crippen molar-refractivity contribution in [3.05, 3.63) is 11.6 Å². The number of hydrogen-bond acceptors (Lipinski definition) is 2. The molecule has 13 heavy (non-hydrogen) atoms. The molecule has 0 fully saturated rings. The van der Waals surface area contributed by atoms with Crippen LogP contribution in [0, 0.1) is 0 Å². The molecule has 1 heterocycles. The molecule has 3 nitrogen and oxygen atoms in total.